The number of carbonyl (C=O) groups is 1. The van der Waals surface area contributed by atoms with Crippen molar-refractivity contribution in [2.45, 2.75) is 39.3 Å². The first-order valence-corrected chi connectivity index (χ1v) is 9.89. The molecule has 0 spiro atoms. The summed E-state index contributed by atoms with van der Waals surface area (Å²) in [5.74, 6) is -0.431. The first-order chi connectivity index (χ1) is 13.0. The molecule has 0 aliphatic heterocycles. The standard InChI is InChI=1S/C18H25ClN4O4S/c1-18(2,3)27-17(26)23(11-12-6-7-13(24)14(25)10-12)9-5-8-22(4)16-20-15(19)21-28-16/h6-7,10,24-25H,5,8-9,11H2,1-4H3. The number of nitrogens with zero attached hydrogens (tertiary/aromatic N) is 4. The van der Waals surface area contributed by atoms with Crippen molar-refractivity contribution in [1.82, 2.24) is 14.3 Å². The highest BCUT2D eigenvalue weighted by Gasteiger charge is 2.22. The molecular weight excluding hydrogens is 404 g/mol. The van der Waals surface area contributed by atoms with Crippen molar-refractivity contribution in [3.05, 3.63) is 29.0 Å². The first-order valence-electron chi connectivity index (χ1n) is 8.74. The number of aromatic nitrogens is 2. The van der Waals surface area contributed by atoms with Crippen molar-refractivity contribution in [2.24, 2.45) is 0 Å². The Labute approximate surface area is 173 Å². The Kier molecular flexibility index (Phi) is 7.31. The number of aromatic hydroxyl groups is 2. The number of halogens is 1. The Bertz CT molecular complexity index is 809. The van der Waals surface area contributed by atoms with Crippen LogP contribution >= 0.6 is 23.1 Å². The zero-order valence-electron chi connectivity index (χ0n) is 16.3. The average molecular weight is 429 g/mol. The molecule has 0 bridgehead atoms. The van der Waals surface area contributed by atoms with Crippen molar-refractivity contribution in [3.8, 4) is 11.5 Å². The Morgan fingerprint density at radius 1 is 1.25 bits per heavy atom. The van der Waals surface area contributed by atoms with Gasteiger partial charge in [0.2, 0.25) is 10.4 Å². The number of phenolic OH excluding ortho intramolecular Hbond substituents is 2. The molecule has 0 unspecified atom stereocenters. The minimum Gasteiger partial charge on any atom is -0.504 e. The van der Waals surface area contributed by atoms with E-state index in [0.29, 0.717) is 30.2 Å². The fourth-order valence-corrected chi connectivity index (χ4v) is 3.19. The minimum atomic E-state index is -0.619. The highest BCUT2D eigenvalue weighted by atomic mass is 35.5. The van der Waals surface area contributed by atoms with Gasteiger partial charge >= 0.3 is 6.09 Å². The number of carbonyl (C=O) groups excluding carboxylic acids is 1. The molecule has 1 heterocycles. The van der Waals surface area contributed by atoms with Gasteiger partial charge < -0.3 is 24.7 Å². The quantitative estimate of drug-likeness (QED) is 0.646. The van der Waals surface area contributed by atoms with E-state index in [2.05, 4.69) is 9.36 Å². The highest BCUT2D eigenvalue weighted by molar-refractivity contribution is 7.09. The molecule has 28 heavy (non-hydrogen) atoms. The fraction of sp³-hybridized carbons (Fsp3) is 0.500. The Balaban J connectivity index is 2.02. The van der Waals surface area contributed by atoms with Gasteiger partial charge in [-0.2, -0.15) is 9.36 Å². The van der Waals surface area contributed by atoms with Crippen molar-refractivity contribution in [2.75, 3.05) is 25.0 Å². The minimum absolute atomic E-state index is 0.204. The van der Waals surface area contributed by atoms with Gasteiger partial charge in [-0.1, -0.05) is 6.07 Å². The lowest BCUT2D eigenvalue weighted by Crippen LogP contribution is -2.38. The summed E-state index contributed by atoms with van der Waals surface area (Å²) in [5, 5.41) is 20.1. The predicted molar refractivity (Wildman–Crippen MR) is 109 cm³/mol. The molecule has 8 nitrogen and oxygen atoms in total. The SMILES string of the molecule is CN(CCCN(Cc1ccc(O)c(O)c1)C(=O)OC(C)(C)C)c1nc(Cl)ns1. The molecule has 0 aliphatic carbocycles. The van der Waals surface area contributed by atoms with E-state index >= 15 is 0 Å². The maximum absolute atomic E-state index is 12.6. The van der Waals surface area contributed by atoms with Crippen LogP contribution in [0.15, 0.2) is 18.2 Å². The number of amides is 1. The van der Waals surface area contributed by atoms with E-state index < -0.39 is 11.7 Å². The van der Waals surface area contributed by atoms with Crippen LogP contribution in [0.4, 0.5) is 9.93 Å². The van der Waals surface area contributed by atoms with Crippen LogP contribution in [0.1, 0.15) is 32.8 Å². The van der Waals surface area contributed by atoms with Crippen molar-refractivity contribution >= 4 is 34.4 Å². The Morgan fingerprint density at radius 3 is 2.54 bits per heavy atom. The fourth-order valence-electron chi connectivity index (χ4n) is 2.40. The Hall–Kier alpha value is -2.26. The second kappa shape index (κ2) is 9.29. The van der Waals surface area contributed by atoms with Crippen molar-refractivity contribution in [3.63, 3.8) is 0 Å². The average Bonchev–Trinajstić information content (AvgIpc) is 3.02. The van der Waals surface area contributed by atoms with E-state index in [-0.39, 0.29) is 23.3 Å². The number of phenols is 2. The van der Waals surface area contributed by atoms with E-state index in [1.165, 1.54) is 23.7 Å². The van der Waals surface area contributed by atoms with Gasteiger partial charge in [0, 0.05) is 38.2 Å². The number of hydrogen-bond acceptors (Lipinski definition) is 8. The van der Waals surface area contributed by atoms with Crippen LogP contribution in [0.2, 0.25) is 5.28 Å². The molecule has 0 saturated carbocycles. The zero-order valence-corrected chi connectivity index (χ0v) is 17.9. The van der Waals surface area contributed by atoms with Crippen molar-refractivity contribution < 1.29 is 19.7 Å². The summed E-state index contributed by atoms with van der Waals surface area (Å²) in [5.41, 5.74) is 0.0670. The number of benzene rings is 1. The van der Waals surface area contributed by atoms with Crippen LogP contribution in [0.25, 0.3) is 0 Å². The predicted octanol–water partition coefficient (Wildman–Crippen LogP) is 3.87. The molecule has 1 aromatic heterocycles. The monoisotopic (exact) mass is 428 g/mol. The van der Waals surface area contributed by atoms with Gasteiger partial charge in [-0.05, 0) is 56.5 Å². The topological polar surface area (TPSA) is 99.0 Å². The molecule has 0 fully saturated rings. The number of anilines is 1. The van der Waals surface area contributed by atoms with Gasteiger partial charge in [-0.3, -0.25) is 0 Å². The third-order valence-corrected chi connectivity index (χ3v) is 4.80. The zero-order chi connectivity index (χ0) is 20.9. The van der Waals surface area contributed by atoms with E-state index in [0.717, 1.165) is 0 Å². The first kappa shape index (κ1) is 22.0. The maximum atomic E-state index is 12.6. The van der Waals surface area contributed by atoms with Gasteiger partial charge in [-0.15, -0.1) is 0 Å². The van der Waals surface area contributed by atoms with Crippen LogP contribution in [0.3, 0.4) is 0 Å². The molecule has 154 valence electrons. The van der Waals surface area contributed by atoms with Gasteiger partial charge in [0.15, 0.2) is 11.5 Å². The summed E-state index contributed by atoms with van der Waals surface area (Å²) >= 11 is 6.97. The molecule has 2 N–H and O–H groups in total. The van der Waals surface area contributed by atoms with Gasteiger partial charge in [-0.25, -0.2) is 4.79 Å². The lowest BCUT2D eigenvalue weighted by Gasteiger charge is -2.28. The van der Waals surface area contributed by atoms with Crippen LogP contribution in [-0.4, -0.2) is 56.3 Å². The summed E-state index contributed by atoms with van der Waals surface area (Å²) in [6, 6.07) is 4.48. The number of rotatable bonds is 7. The largest absolute Gasteiger partial charge is 0.504 e. The summed E-state index contributed by atoms with van der Waals surface area (Å²) < 4.78 is 9.44. The highest BCUT2D eigenvalue weighted by Crippen LogP contribution is 2.26. The molecule has 0 aliphatic rings. The number of ether oxygens (including phenoxy) is 1. The molecular formula is C18H25ClN4O4S. The van der Waals surface area contributed by atoms with Gasteiger partial charge in [0.1, 0.15) is 5.60 Å². The third kappa shape index (κ3) is 6.72. The lowest BCUT2D eigenvalue weighted by atomic mass is 10.2. The van der Waals surface area contributed by atoms with Crippen LogP contribution in [-0.2, 0) is 11.3 Å². The molecule has 1 aromatic carbocycles. The molecule has 1 amide bonds. The molecule has 2 rings (SSSR count). The van der Waals surface area contributed by atoms with E-state index in [4.69, 9.17) is 16.3 Å². The van der Waals surface area contributed by atoms with Crippen LogP contribution in [0, 0.1) is 0 Å². The third-order valence-electron chi connectivity index (χ3n) is 3.70. The normalized spacial score (nSPS) is 11.3. The summed E-state index contributed by atoms with van der Waals surface area (Å²) in [4.78, 5) is 20.2. The smallest absolute Gasteiger partial charge is 0.410 e. The lowest BCUT2D eigenvalue weighted by molar-refractivity contribution is 0.0232. The molecule has 0 atom stereocenters. The van der Waals surface area contributed by atoms with Crippen molar-refractivity contribution in [1.29, 1.82) is 0 Å². The van der Waals surface area contributed by atoms with E-state index in [1.54, 1.807) is 11.0 Å². The number of hydrogen-bond donors (Lipinski definition) is 2. The van der Waals surface area contributed by atoms with Gasteiger partial charge in [0.25, 0.3) is 0 Å². The second-order valence-corrected chi connectivity index (χ2v) is 8.41. The van der Waals surface area contributed by atoms with Gasteiger partial charge in [0.05, 0.1) is 0 Å². The summed E-state index contributed by atoms with van der Waals surface area (Å²) in [6.07, 6.45) is 0.221. The molecule has 0 saturated heterocycles. The summed E-state index contributed by atoms with van der Waals surface area (Å²) in [6.45, 7) is 6.75. The van der Waals surface area contributed by atoms with E-state index in [1.807, 2.05) is 32.7 Å². The molecule has 0 radical (unpaired) electrons. The van der Waals surface area contributed by atoms with Crippen LogP contribution < -0.4 is 4.90 Å². The second-order valence-electron chi connectivity index (χ2n) is 7.35. The van der Waals surface area contributed by atoms with Crippen LogP contribution in [0.5, 0.6) is 11.5 Å². The molecule has 10 heteroatoms. The summed E-state index contributed by atoms with van der Waals surface area (Å²) in [7, 11) is 1.88. The maximum Gasteiger partial charge on any atom is 0.410 e. The molecule has 2 aromatic rings. The van der Waals surface area contributed by atoms with E-state index in [9.17, 15) is 15.0 Å². The Morgan fingerprint density at radius 2 is 1.96 bits per heavy atom.